The SMILES string of the molecule is CN1CCN(CCCNC(=O)[C@]23N[C@@]2(CC(C)(C)C)[C@]2(C(=O)Nc4cc(Cl)c(F)cc42)[C@H]3c2cccc(Cl)c2)CC1. The first-order valence-electron chi connectivity index (χ1n) is 14.4. The standard InChI is InChI=1S/C31H38Cl2FN5O2/c1-28(2,3)18-29-30(21-16-23(34)22(33)17-24(21)36-26(30)40)25(19-7-5-8-20(32)15-19)31(29,37-29)27(41)35-9-6-10-39-13-11-38(4)12-14-39/h5,7-8,15-17,25,37H,6,9-14,18H2,1-4H3,(H,35,41)(H,36,40)/t25-,29+,30+,31+/m1/s1. The molecule has 3 fully saturated rings. The molecule has 3 N–H and O–H groups in total. The van der Waals surface area contributed by atoms with Crippen LogP contribution in [-0.4, -0.2) is 79.0 Å². The minimum Gasteiger partial charge on any atom is -0.354 e. The van der Waals surface area contributed by atoms with Crippen LogP contribution in [0.15, 0.2) is 36.4 Å². The number of likely N-dealkylation sites (N-methyl/N-ethyl adjacent to an activating group) is 1. The van der Waals surface area contributed by atoms with Crippen LogP contribution in [0.4, 0.5) is 10.1 Å². The van der Waals surface area contributed by atoms with Gasteiger partial charge in [-0.1, -0.05) is 56.1 Å². The molecule has 41 heavy (non-hydrogen) atoms. The van der Waals surface area contributed by atoms with Crippen LogP contribution in [0.3, 0.4) is 0 Å². The van der Waals surface area contributed by atoms with E-state index in [1.54, 1.807) is 6.07 Å². The number of anilines is 1. The van der Waals surface area contributed by atoms with Crippen LogP contribution in [0.2, 0.25) is 10.0 Å². The fourth-order valence-electron chi connectivity index (χ4n) is 7.96. The minimum absolute atomic E-state index is 0.0577. The van der Waals surface area contributed by atoms with Crippen molar-refractivity contribution in [1.29, 1.82) is 0 Å². The normalized spacial score (nSPS) is 30.9. The van der Waals surface area contributed by atoms with Gasteiger partial charge in [-0.15, -0.1) is 0 Å². The summed E-state index contributed by atoms with van der Waals surface area (Å²) in [4.78, 5) is 33.2. The van der Waals surface area contributed by atoms with Crippen LogP contribution in [0.1, 0.15) is 50.7 Å². The van der Waals surface area contributed by atoms with E-state index in [1.165, 1.54) is 12.1 Å². The Morgan fingerprint density at radius 3 is 2.56 bits per heavy atom. The maximum absolute atomic E-state index is 15.0. The Morgan fingerprint density at radius 1 is 1.15 bits per heavy atom. The molecule has 2 aromatic carbocycles. The van der Waals surface area contributed by atoms with Gasteiger partial charge in [0.25, 0.3) is 0 Å². The highest BCUT2D eigenvalue weighted by Gasteiger charge is 2.97. The number of hydrogen-bond acceptors (Lipinski definition) is 5. The molecule has 2 aromatic rings. The fourth-order valence-corrected chi connectivity index (χ4v) is 8.32. The highest BCUT2D eigenvalue weighted by Crippen LogP contribution is 2.79. The summed E-state index contributed by atoms with van der Waals surface area (Å²) in [6, 6.07) is 10.2. The average molecular weight is 603 g/mol. The van der Waals surface area contributed by atoms with Crippen LogP contribution in [0, 0.1) is 11.2 Å². The van der Waals surface area contributed by atoms with Gasteiger partial charge in [-0.05, 0) is 67.2 Å². The summed E-state index contributed by atoms with van der Waals surface area (Å²) in [6.07, 6.45) is 1.36. The van der Waals surface area contributed by atoms with Crippen LogP contribution < -0.4 is 16.0 Å². The second-order valence-corrected chi connectivity index (χ2v) is 14.2. The highest BCUT2D eigenvalue weighted by molar-refractivity contribution is 6.31. The second-order valence-electron chi connectivity index (χ2n) is 13.4. The summed E-state index contributed by atoms with van der Waals surface area (Å²) in [5.74, 6) is -1.59. The Morgan fingerprint density at radius 2 is 1.88 bits per heavy atom. The highest BCUT2D eigenvalue weighted by atomic mass is 35.5. The summed E-state index contributed by atoms with van der Waals surface area (Å²) in [5, 5.41) is 10.2. The molecule has 0 aromatic heterocycles. The Hall–Kier alpha value is -2.23. The molecule has 1 aliphatic carbocycles. The van der Waals surface area contributed by atoms with Crippen molar-refractivity contribution < 1.29 is 14.0 Å². The van der Waals surface area contributed by atoms with E-state index >= 15 is 4.39 Å². The van der Waals surface area contributed by atoms with Gasteiger partial charge in [0.15, 0.2) is 0 Å². The number of benzene rings is 2. The summed E-state index contributed by atoms with van der Waals surface area (Å²) in [5.41, 5.74) is -1.65. The molecular weight excluding hydrogens is 564 g/mol. The number of nitrogens with one attached hydrogen (secondary N) is 3. The predicted molar refractivity (Wildman–Crippen MR) is 160 cm³/mol. The zero-order valence-corrected chi connectivity index (χ0v) is 25.6. The van der Waals surface area contributed by atoms with Crippen molar-refractivity contribution in [1.82, 2.24) is 20.4 Å². The summed E-state index contributed by atoms with van der Waals surface area (Å²) < 4.78 is 15.0. The lowest BCUT2D eigenvalue weighted by Gasteiger charge is -2.56. The Balaban J connectivity index is 1.37. The van der Waals surface area contributed by atoms with E-state index in [0.29, 0.717) is 29.2 Å². The third-order valence-electron chi connectivity index (χ3n) is 9.52. The predicted octanol–water partition coefficient (Wildman–Crippen LogP) is 4.39. The molecule has 7 nitrogen and oxygen atoms in total. The van der Waals surface area contributed by atoms with Gasteiger partial charge in [-0.25, -0.2) is 4.39 Å². The van der Waals surface area contributed by atoms with E-state index < -0.39 is 28.2 Å². The van der Waals surface area contributed by atoms with Gasteiger partial charge in [-0.2, -0.15) is 0 Å². The van der Waals surface area contributed by atoms with Gasteiger partial charge in [0.05, 0.1) is 10.6 Å². The number of piperazine rings is 1. The summed E-state index contributed by atoms with van der Waals surface area (Å²) in [6.45, 7) is 11.9. The van der Waals surface area contributed by atoms with Crippen molar-refractivity contribution in [3.8, 4) is 0 Å². The molecule has 10 heteroatoms. The van der Waals surface area contributed by atoms with E-state index in [0.717, 1.165) is 44.7 Å². The number of halogens is 3. The van der Waals surface area contributed by atoms with Gasteiger partial charge in [0, 0.05) is 49.4 Å². The largest absolute Gasteiger partial charge is 0.354 e. The third-order valence-corrected chi connectivity index (χ3v) is 10.0. The van der Waals surface area contributed by atoms with Crippen molar-refractivity contribution in [3.63, 3.8) is 0 Å². The lowest BCUT2D eigenvalue weighted by atomic mass is 9.41. The first-order valence-corrected chi connectivity index (χ1v) is 15.2. The molecule has 1 saturated carbocycles. The zero-order valence-electron chi connectivity index (χ0n) is 24.0. The van der Waals surface area contributed by atoms with E-state index in [4.69, 9.17) is 23.2 Å². The number of rotatable bonds is 7. The Labute approximate surface area is 251 Å². The number of carbonyl (C=O) groups excluding carboxylic acids is 2. The van der Waals surface area contributed by atoms with Crippen LogP contribution >= 0.6 is 23.2 Å². The number of fused-ring (bicyclic) bond motifs is 4. The molecule has 3 aliphatic heterocycles. The quantitative estimate of drug-likeness (QED) is 0.324. The van der Waals surface area contributed by atoms with Crippen LogP contribution in [0.5, 0.6) is 0 Å². The van der Waals surface area contributed by atoms with Crippen molar-refractivity contribution >= 4 is 40.7 Å². The molecule has 4 aliphatic rings. The van der Waals surface area contributed by atoms with Crippen LogP contribution in [-0.2, 0) is 15.0 Å². The first-order chi connectivity index (χ1) is 19.4. The maximum atomic E-state index is 15.0. The van der Waals surface area contributed by atoms with Gasteiger partial charge < -0.3 is 20.4 Å². The minimum atomic E-state index is -1.22. The van der Waals surface area contributed by atoms with Crippen molar-refractivity contribution in [2.45, 2.75) is 56.0 Å². The third kappa shape index (κ3) is 4.24. The fraction of sp³-hybridized carbons (Fsp3) is 0.548. The second kappa shape index (κ2) is 9.91. The van der Waals surface area contributed by atoms with Gasteiger partial charge >= 0.3 is 0 Å². The molecule has 220 valence electrons. The van der Waals surface area contributed by atoms with E-state index in [1.807, 2.05) is 18.2 Å². The van der Waals surface area contributed by atoms with E-state index in [2.05, 4.69) is 53.6 Å². The van der Waals surface area contributed by atoms with Crippen molar-refractivity contribution in [3.05, 3.63) is 63.4 Å². The number of carbonyl (C=O) groups is 2. The molecule has 2 amide bonds. The topological polar surface area (TPSA) is 86.6 Å². The molecule has 0 bridgehead atoms. The van der Waals surface area contributed by atoms with Crippen molar-refractivity contribution in [2.75, 3.05) is 51.6 Å². The maximum Gasteiger partial charge on any atom is 0.242 e. The molecule has 0 radical (unpaired) electrons. The molecule has 3 heterocycles. The number of hydrogen-bond donors (Lipinski definition) is 3. The number of nitrogens with zero attached hydrogens (tertiary/aromatic N) is 2. The molecule has 2 saturated heterocycles. The first kappa shape index (κ1) is 28.9. The van der Waals surface area contributed by atoms with Crippen LogP contribution in [0.25, 0.3) is 0 Å². The average Bonchev–Trinajstić information content (AvgIpc) is 3.34. The lowest BCUT2D eigenvalue weighted by Crippen LogP contribution is -2.72. The molecule has 6 rings (SSSR count). The van der Waals surface area contributed by atoms with Crippen molar-refractivity contribution in [2.24, 2.45) is 5.41 Å². The number of amides is 2. The molecule has 0 unspecified atom stereocenters. The van der Waals surface area contributed by atoms with E-state index in [-0.39, 0.29) is 22.3 Å². The summed E-state index contributed by atoms with van der Waals surface area (Å²) >= 11 is 12.6. The lowest BCUT2D eigenvalue weighted by molar-refractivity contribution is -0.135. The van der Waals surface area contributed by atoms with Gasteiger partial charge in [0.2, 0.25) is 11.8 Å². The van der Waals surface area contributed by atoms with Gasteiger partial charge in [-0.3, -0.25) is 14.9 Å². The monoisotopic (exact) mass is 601 g/mol. The smallest absolute Gasteiger partial charge is 0.242 e. The molecule has 1 spiro atoms. The Kier molecular flexibility index (Phi) is 6.98. The van der Waals surface area contributed by atoms with Gasteiger partial charge in [0.1, 0.15) is 16.8 Å². The molecular formula is C31H38Cl2FN5O2. The molecule has 4 atom stereocenters. The van der Waals surface area contributed by atoms with E-state index in [9.17, 15) is 9.59 Å². The Bertz CT molecular complexity index is 1410. The zero-order chi connectivity index (χ0) is 29.4. The summed E-state index contributed by atoms with van der Waals surface area (Å²) in [7, 11) is 2.14.